The van der Waals surface area contributed by atoms with E-state index in [-0.39, 0.29) is 0 Å². The Bertz CT molecular complexity index is 121. The lowest BCUT2D eigenvalue weighted by molar-refractivity contribution is 0.236. The first kappa shape index (κ1) is 9.01. The predicted molar refractivity (Wildman–Crippen MR) is 48.8 cm³/mol. The molecule has 2 nitrogen and oxygen atoms in total. The second-order valence-electron chi connectivity index (χ2n) is 4.22. The van der Waals surface area contributed by atoms with E-state index in [1.165, 1.54) is 25.9 Å². The van der Waals surface area contributed by atoms with E-state index in [9.17, 15) is 0 Å². The summed E-state index contributed by atoms with van der Waals surface area (Å²) in [4.78, 5) is 2.42. The molecule has 1 rings (SSSR count). The number of nitrogens with one attached hydrogen (secondary N) is 1. The maximum atomic E-state index is 3.55. The summed E-state index contributed by atoms with van der Waals surface area (Å²) in [5.74, 6) is 0. The normalized spacial score (nSPS) is 27.5. The first-order valence-corrected chi connectivity index (χ1v) is 4.54. The minimum Gasteiger partial charge on any atom is -0.312 e. The van der Waals surface area contributed by atoms with Crippen molar-refractivity contribution in [2.45, 2.75) is 32.2 Å². The molecule has 1 heterocycles. The summed E-state index contributed by atoms with van der Waals surface area (Å²) in [6.07, 6.45) is 2.53. The smallest absolute Gasteiger partial charge is 0.0137 e. The molecular formula is C9H20N2. The maximum Gasteiger partial charge on any atom is 0.0137 e. The summed E-state index contributed by atoms with van der Waals surface area (Å²) >= 11 is 0. The molecule has 1 aliphatic heterocycles. The van der Waals surface area contributed by atoms with Crippen molar-refractivity contribution < 1.29 is 0 Å². The van der Waals surface area contributed by atoms with Crippen LogP contribution in [0.1, 0.15) is 26.7 Å². The second kappa shape index (κ2) is 3.55. The van der Waals surface area contributed by atoms with Crippen molar-refractivity contribution in [2.75, 3.05) is 26.7 Å². The highest BCUT2D eigenvalue weighted by Gasteiger charge is 2.18. The molecule has 11 heavy (non-hydrogen) atoms. The molecule has 1 N–H and O–H groups in total. The molecule has 0 unspecified atom stereocenters. The van der Waals surface area contributed by atoms with E-state index in [0.717, 1.165) is 6.54 Å². The summed E-state index contributed by atoms with van der Waals surface area (Å²) in [5, 5.41) is 3.55. The number of rotatable bonds is 0. The van der Waals surface area contributed by atoms with Crippen molar-refractivity contribution in [3.8, 4) is 0 Å². The molecule has 0 saturated carbocycles. The van der Waals surface area contributed by atoms with Gasteiger partial charge in [-0.15, -0.1) is 0 Å². The number of hydrogen-bond acceptors (Lipinski definition) is 2. The summed E-state index contributed by atoms with van der Waals surface area (Å²) in [7, 11) is 2.21. The molecule has 0 aromatic rings. The van der Waals surface area contributed by atoms with E-state index >= 15 is 0 Å². The lowest BCUT2D eigenvalue weighted by atomic mass is 9.99. The Hall–Kier alpha value is -0.0800. The zero-order chi connectivity index (χ0) is 8.32. The lowest BCUT2D eigenvalue weighted by Gasteiger charge is -2.32. The highest BCUT2D eigenvalue weighted by atomic mass is 15.1. The van der Waals surface area contributed by atoms with Gasteiger partial charge in [-0.25, -0.2) is 0 Å². The van der Waals surface area contributed by atoms with E-state index in [1.807, 2.05) is 0 Å². The second-order valence-corrected chi connectivity index (χ2v) is 4.22. The third kappa shape index (κ3) is 3.21. The monoisotopic (exact) mass is 156 g/mol. The molecule has 0 radical (unpaired) electrons. The lowest BCUT2D eigenvalue weighted by Crippen LogP contribution is -2.45. The van der Waals surface area contributed by atoms with E-state index in [2.05, 4.69) is 31.1 Å². The fraction of sp³-hybridized carbons (Fsp3) is 1.00. The molecule has 0 aliphatic carbocycles. The fourth-order valence-electron chi connectivity index (χ4n) is 1.45. The minimum atomic E-state index is 0.342. The Morgan fingerprint density at radius 3 is 2.73 bits per heavy atom. The van der Waals surface area contributed by atoms with Gasteiger partial charge in [0.25, 0.3) is 0 Å². The van der Waals surface area contributed by atoms with Crippen LogP contribution in [0.2, 0.25) is 0 Å². The molecule has 0 aromatic carbocycles. The van der Waals surface area contributed by atoms with Crippen LogP contribution in [-0.4, -0.2) is 37.1 Å². The molecule has 0 atom stereocenters. The van der Waals surface area contributed by atoms with Crippen LogP contribution >= 0.6 is 0 Å². The zero-order valence-electron chi connectivity index (χ0n) is 7.98. The quantitative estimate of drug-likeness (QED) is 0.564. The van der Waals surface area contributed by atoms with E-state index in [1.54, 1.807) is 0 Å². The first-order chi connectivity index (χ1) is 5.10. The molecule has 66 valence electrons. The van der Waals surface area contributed by atoms with Crippen molar-refractivity contribution >= 4 is 0 Å². The summed E-state index contributed by atoms with van der Waals surface area (Å²) in [5.41, 5.74) is 0.342. The van der Waals surface area contributed by atoms with E-state index < -0.39 is 0 Å². The van der Waals surface area contributed by atoms with Gasteiger partial charge in [-0.2, -0.15) is 0 Å². The maximum absolute atomic E-state index is 3.55. The topological polar surface area (TPSA) is 15.3 Å². The summed E-state index contributed by atoms with van der Waals surface area (Å²) in [6.45, 7) is 8.19. The van der Waals surface area contributed by atoms with Gasteiger partial charge in [0.2, 0.25) is 0 Å². The number of hydrogen-bond donors (Lipinski definition) is 1. The van der Waals surface area contributed by atoms with Gasteiger partial charge >= 0.3 is 0 Å². The van der Waals surface area contributed by atoms with Crippen molar-refractivity contribution in [1.82, 2.24) is 10.2 Å². The fourth-order valence-corrected chi connectivity index (χ4v) is 1.45. The van der Waals surface area contributed by atoms with Gasteiger partial charge in [0.05, 0.1) is 0 Å². The van der Waals surface area contributed by atoms with Gasteiger partial charge in [0.1, 0.15) is 0 Å². The van der Waals surface area contributed by atoms with E-state index in [0.29, 0.717) is 5.54 Å². The van der Waals surface area contributed by atoms with Crippen molar-refractivity contribution in [3.05, 3.63) is 0 Å². The van der Waals surface area contributed by atoms with Crippen molar-refractivity contribution in [2.24, 2.45) is 0 Å². The van der Waals surface area contributed by atoms with Crippen LogP contribution in [0.5, 0.6) is 0 Å². The van der Waals surface area contributed by atoms with Crippen LogP contribution in [0, 0.1) is 0 Å². The van der Waals surface area contributed by atoms with Gasteiger partial charge in [0, 0.05) is 5.54 Å². The van der Waals surface area contributed by atoms with Crippen LogP contribution < -0.4 is 5.32 Å². The van der Waals surface area contributed by atoms with Crippen LogP contribution in [0.3, 0.4) is 0 Å². The standard InChI is InChI=1S/C9H20N2/c1-9(2)5-8-11(3)7-4-6-10-9/h10H,4-8H2,1-3H3. The third-order valence-electron chi connectivity index (χ3n) is 2.44. The SMILES string of the molecule is CN1CCCNC(C)(C)CC1. The van der Waals surface area contributed by atoms with Gasteiger partial charge in [-0.3, -0.25) is 0 Å². The first-order valence-electron chi connectivity index (χ1n) is 4.54. The molecule has 1 fully saturated rings. The van der Waals surface area contributed by atoms with Crippen LogP contribution in [0.4, 0.5) is 0 Å². The molecule has 1 aliphatic rings. The Kier molecular flexibility index (Phi) is 2.90. The Morgan fingerprint density at radius 1 is 1.27 bits per heavy atom. The molecule has 2 heteroatoms. The number of nitrogens with zero attached hydrogens (tertiary/aromatic N) is 1. The summed E-state index contributed by atoms with van der Waals surface area (Å²) in [6, 6.07) is 0. The molecule has 1 saturated heterocycles. The van der Waals surface area contributed by atoms with Gasteiger partial charge in [-0.05, 0) is 53.4 Å². The molecule has 0 bridgehead atoms. The van der Waals surface area contributed by atoms with Gasteiger partial charge < -0.3 is 10.2 Å². The Morgan fingerprint density at radius 2 is 2.00 bits per heavy atom. The largest absolute Gasteiger partial charge is 0.312 e. The highest BCUT2D eigenvalue weighted by molar-refractivity contribution is 4.80. The molecule has 0 spiro atoms. The molecular weight excluding hydrogens is 136 g/mol. The van der Waals surface area contributed by atoms with Crippen molar-refractivity contribution in [3.63, 3.8) is 0 Å². The average molecular weight is 156 g/mol. The summed E-state index contributed by atoms with van der Waals surface area (Å²) < 4.78 is 0. The average Bonchev–Trinajstić information content (AvgIpc) is 1.92. The van der Waals surface area contributed by atoms with Gasteiger partial charge in [0.15, 0.2) is 0 Å². The third-order valence-corrected chi connectivity index (χ3v) is 2.44. The molecule has 0 aromatic heterocycles. The van der Waals surface area contributed by atoms with Crippen molar-refractivity contribution in [1.29, 1.82) is 0 Å². The van der Waals surface area contributed by atoms with Crippen LogP contribution in [0.25, 0.3) is 0 Å². The Balaban J connectivity index is 2.38. The Labute approximate surface area is 70.0 Å². The minimum absolute atomic E-state index is 0.342. The van der Waals surface area contributed by atoms with E-state index in [4.69, 9.17) is 0 Å². The molecule has 0 amide bonds. The van der Waals surface area contributed by atoms with Gasteiger partial charge in [-0.1, -0.05) is 0 Å². The predicted octanol–water partition coefficient (Wildman–Crippen LogP) is 1.08. The highest BCUT2D eigenvalue weighted by Crippen LogP contribution is 2.10. The van der Waals surface area contributed by atoms with Crippen LogP contribution in [0.15, 0.2) is 0 Å². The van der Waals surface area contributed by atoms with Crippen LogP contribution in [-0.2, 0) is 0 Å². The zero-order valence-corrected chi connectivity index (χ0v) is 7.98.